The molecule has 0 aliphatic rings. The molecule has 4 nitrogen and oxygen atoms in total. The second-order valence-electron chi connectivity index (χ2n) is 4.55. The monoisotopic (exact) mass is 292 g/mol. The van der Waals surface area contributed by atoms with Crippen LogP contribution in [0.1, 0.15) is 24.9 Å². The molecule has 21 heavy (non-hydrogen) atoms. The van der Waals surface area contributed by atoms with Gasteiger partial charge in [-0.1, -0.05) is 37.3 Å². The number of benzene rings is 2. The average molecular weight is 292 g/mol. The molecule has 0 aliphatic carbocycles. The number of nitrogens with one attached hydrogen (secondary N) is 1. The molecule has 0 aliphatic heterocycles. The highest BCUT2D eigenvalue weighted by atomic mass is 19.1. The van der Waals surface area contributed by atoms with Gasteiger partial charge in [0.05, 0.1) is 17.0 Å². The molecule has 0 saturated heterocycles. The standard InChI is InChI=1S/C15H14F2N2O2/c1-2-13(10-6-4-3-5-7-10)18-15-12(17)8-11(16)9-14(15)19(20)21/h3-9,13,18H,2H2,1H3. The highest BCUT2D eigenvalue weighted by molar-refractivity contribution is 5.63. The van der Waals surface area contributed by atoms with E-state index in [1.165, 1.54) is 0 Å². The lowest BCUT2D eigenvalue weighted by molar-refractivity contribution is -0.384. The maximum Gasteiger partial charge on any atom is 0.298 e. The molecule has 2 aromatic carbocycles. The quantitative estimate of drug-likeness (QED) is 0.655. The van der Waals surface area contributed by atoms with Crippen molar-refractivity contribution < 1.29 is 13.7 Å². The molecule has 1 atom stereocenters. The van der Waals surface area contributed by atoms with Gasteiger partial charge in [-0.3, -0.25) is 10.1 Å². The van der Waals surface area contributed by atoms with Gasteiger partial charge in [0.25, 0.3) is 5.69 Å². The topological polar surface area (TPSA) is 55.2 Å². The van der Waals surface area contributed by atoms with Crippen LogP contribution < -0.4 is 5.32 Å². The molecule has 0 spiro atoms. The molecule has 0 aromatic heterocycles. The van der Waals surface area contributed by atoms with Crippen molar-refractivity contribution >= 4 is 11.4 Å². The van der Waals surface area contributed by atoms with Crippen molar-refractivity contribution in [1.82, 2.24) is 0 Å². The number of anilines is 1. The first kappa shape index (κ1) is 14.9. The Morgan fingerprint density at radius 1 is 1.24 bits per heavy atom. The van der Waals surface area contributed by atoms with Gasteiger partial charge < -0.3 is 5.32 Å². The third-order valence-corrected chi connectivity index (χ3v) is 3.16. The molecule has 6 heteroatoms. The first-order valence-electron chi connectivity index (χ1n) is 6.47. The third kappa shape index (κ3) is 3.34. The summed E-state index contributed by atoms with van der Waals surface area (Å²) in [4.78, 5) is 10.2. The molecular weight excluding hydrogens is 278 g/mol. The van der Waals surface area contributed by atoms with Crippen LogP contribution in [-0.4, -0.2) is 4.92 Å². The molecule has 0 heterocycles. The maximum atomic E-state index is 13.9. The van der Waals surface area contributed by atoms with Crippen LogP contribution in [0.25, 0.3) is 0 Å². The number of nitrogens with zero attached hydrogens (tertiary/aromatic N) is 1. The van der Waals surface area contributed by atoms with Gasteiger partial charge in [0, 0.05) is 6.07 Å². The summed E-state index contributed by atoms with van der Waals surface area (Å²) in [6.07, 6.45) is 0.595. The van der Waals surface area contributed by atoms with Gasteiger partial charge >= 0.3 is 0 Å². The number of hydrogen-bond donors (Lipinski definition) is 1. The summed E-state index contributed by atoms with van der Waals surface area (Å²) in [5.74, 6) is -1.95. The largest absolute Gasteiger partial charge is 0.370 e. The van der Waals surface area contributed by atoms with Crippen molar-refractivity contribution in [3.8, 4) is 0 Å². The van der Waals surface area contributed by atoms with Crippen LogP contribution in [0.3, 0.4) is 0 Å². The van der Waals surface area contributed by atoms with Crippen molar-refractivity contribution in [3.05, 3.63) is 69.8 Å². The van der Waals surface area contributed by atoms with Crippen molar-refractivity contribution in [2.45, 2.75) is 19.4 Å². The molecule has 0 amide bonds. The Morgan fingerprint density at radius 2 is 1.90 bits per heavy atom. The van der Waals surface area contributed by atoms with Crippen molar-refractivity contribution in [1.29, 1.82) is 0 Å². The minimum absolute atomic E-state index is 0.294. The normalized spacial score (nSPS) is 12.0. The van der Waals surface area contributed by atoms with E-state index >= 15 is 0 Å². The van der Waals surface area contributed by atoms with Crippen LogP contribution in [0.4, 0.5) is 20.2 Å². The fourth-order valence-electron chi connectivity index (χ4n) is 2.13. The number of halogens is 2. The Kier molecular flexibility index (Phi) is 4.47. The molecule has 1 unspecified atom stereocenters. The molecule has 0 radical (unpaired) electrons. The minimum atomic E-state index is -0.976. The number of rotatable bonds is 5. The fraction of sp³-hybridized carbons (Fsp3) is 0.200. The SMILES string of the molecule is CCC(Nc1c(F)cc(F)cc1[N+](=O)[O-])c1ccccc1. The molecule has 0 bridgehead atoms. The summed E-state index contributed by atoms with van der Waals surface area (Å²) in [7, 11) is 0. The van der Waals surface area contributed by atoms with E-state index in [0.29, 0.717) is 18.6 Å². The van der Waals surface area contributed by atoms with Gasteiger partial charge in [-0.15, -0.1) is 0 Å². The molecular formula is C15H14F2N2O2. The summed E-state index contributed by atoms with van der Waals surface area (Å²) in [6.45, 7) is 1.87. The Morgan fingerprint density at radius 3 is 2.48 bits per heavy atom. The van der Waals surface area contributed by atoms with E-state index in [-0.39, 0.29) is 11.7 Å². The lowest BCUT2D eigenvalue weighted by Gasteiger charge is -2.19. The molecule has 2 rings (SSSR count). The lowest BCUT2D eigenvalue weighted by atomic mass is 10.0. The van der Waals surface area contributed by atoms with Crippen LogP contribution >= 0.6 is 0 Å². The molecule has 2 aromatic rings. The zero-order valence-corrected chi connectivity index (χ0v) is 11.3. The van der Waals surface area contributed by atoms with E-state index in [4.69, 9.17) is 0 Å². The van der Waals surface area contributed by atoms with Gasteiger partial charge in [-0.05, 0) is 12.0 Å². The van der Waals surface area contributed by atoms with Crippen LogP contribution in [-0.2, 0) is 0 Å². The van der Waals surface area contributed by atoms with Crippen LogP contribution in [0.15, 0.2) is 42.5 Å². The van der Waals surface area contributed by atoms with E-state index in [2.05, 4.69) is 5.32 Å². The van der Waals surface area contributed by atoms with Crippen LogP contribution in [0.5, 0.6) is 0 Å². The van der Waals surface area contributed by atoms with Gasteiger partial charge in [0.15, 0.2) is 5.82 Å². The summed E-state index contributed by atoms with van der Waals surface area (Å²) in [5, 5.41) is 13.8. The second-order valence-corrected chi connectivity index (χ2v) is 4.55. The van der Waals surface area contributed by atoms with Crippen LogP contribution in [0.2, 0.25) is 0 Å². The zero-order valence-electron chi connectivity index (χ0n) is 11.3. The lowest BCUT2D eigenvalue weighted by Crippen LogP contribution is -2.12. The van der Waals surface area contributed by atoms with Gasteiger partial charge in [0.1, 0.15) is 11.5 Å². The summed E-state index contributed by atoms with van der Waals surface area (Å²) in [6, 6.07) is 10.2. The first-order chi connectivity index (χ1) is 10.0. The third-order valence-electron chi connectivity index (χ3n) is 3.16. The van der Waals surface area contributed by atoms with E-state index < -0.39 is 22.2 Å². The Labute approximate surface area is 120 Å². The first-order valence-corrected chi connectivity index (χ1v) is 6.47. The Hall–Kier alpha value is -2.50. The number of nitro benzene ring substituents is 1. The van der Waals surface area contributed by atoms with Gasteiger partial charge in [-0.25, -0.2) is 8.78 Å². The van der Waals surface area contributed by atoms with Crippen molar-refractivity contribution in [2.24, 2.45) is 0 Å². The summed E-state index contributed by atoms with van der Waals surface area (Å²) in [5.41, 5.74) is -0.0305. The van der Waals surface area contributed by atoms with Gasteiger partial charge in [-0.2, -0.15) is 0 Å². The predicted octanol–water partition coefficient (Wildman–Crippen LogP) is 4.44. The van der Waals surface area contributed by atoms with E-state index in [1.807, 2.05) is 37.3 Å². The average Bonchev–Trinajstić information content (AvgIpc) is 2.46. The molecule has 110 valence electrons. The number of nitro groups is 1. The molecule has 0 fully saturated rings. The van der Waals surface area contributed by atoms with Crippen molar-refractivity contribution in [3.63, 3.8) is 0 Å². The zero-order chi connectivity index (χ0) is 15.4. The maximum absolute atomic E-state index is 13.9. The highest BCUT2D eigenvalue weighted by Gasteiger charge is 2.23. The van der Waals surface area contributed by atoms with Gasteiger partial charge in [0.2, 0.25) is 0 Å². The molecule has 1 N–H and O–H groups in total. The van der Waals surface area contributed by atoms with E-state index in [1.54, 1.807) is 0 Å². The van der Waals surface area contributed by atoms with Crippen molar-refractivity contribution in [2.75, 3.05) is 5.32 Å². The van der Waals surface area contributed by atoms with E-state index in [0.717, 1.165) is 5.56 Å². The minimum Gasteiger partial charge on any atom is -0.370 e. The Balaban J connectivity index is 2.40. The molecule has 0 saturated carbocycles. The van der Waals surface area contributed by atoms with E-state index in [9.17, 15) is 18.9 Å². The number of hydrogen-bond acceptors (Lipinski definition) is 3. The summed E-state index contributed by atoms with van der Waals surface area (Å²) >= 11 is 0. The Bertz CT molecular complexity index is 648. The second kappa shape index (κ2) is 6.30. The highest BCUT2D eigenvalue weighted by Crippen LogP contribution is 2.32. The van der Waals surface area contributed by atoms with Crippen LogP contribution in [0, 0.1) is 21.7 Å². The predicted molar refractivity (Wildman–Crippen MR) is 76.1 cm³/mol. The summed E-state index contributed by atoms with van der Waals surface area (Å²) < 4.78 is 27.0. The fourth-order valence-corrected chi connectivity index (χ4v) is 2.13. The smallest absolute Gasteiger partial charge is 0.298 e.